The van der Waals surface area contributed by atoms with E-state index in [0.29, 0.717) is 17.1 Å². The van der Waals surface area contributed by atoms with Crippen molar-refractivity contribution < 1.29 is 8.42 Å². The maximum Gasteiger partial charge on any atom is 0.244 e. The highest BCUT2D eigenvalue weighted by Gasteiger charge is 2.23. The Hall–Kier alpha value is -1.86. The average molecular weight is 294 g/mol. The highest BCUT2D eigenvalue weighted by atomic mass is 32.2. The van der Waals surface area contributed by atoms with Crippen LogP contribution in [-0.4, -0.2) is 18.2 Å². The van der Waals surface area contributed by atoms with Gasteiger partial charge in [-0.2, -0.15) is 5.10 Å². The van der Waals surface area contributed by atoms with Crippen molar-refractivity contribution in [2.45, 2.75) is 25.3 Å². The molecule has 6 nitrogen and oxygen atoms in total. The van der Waals surface area contributed by atoms with Gasteiger partial charge in [-0.3, -0.25) is 4.68 Å². The zero-order valence-electron chi connectivity index (χ0n) is 11.7. The summed E-state index contributed by atoms with van der Waals surface area (Å²) in [6.07, 6.45) is 0. The van der Waals surface area contributed by atoms with Crippen molar-refractivity contribution in [2.75, 3.05) is 5.73 Å². The Bertz CT molecular complexity index is 735. The zero-order valence-corrected chi connectivity index (χ0v) is 12.5. The molecule has 20 heavy (non-hydrogen) atoms. The first-order valence-corrected chi connectivity index (χ1v) is 7.64. The number of benzene rings is 1. The van der Waals surface area contributed by atoms with Crippen LogP contribution >= 0.6 is 0 Å². The lowest BCUT2D eigenvalue weighted by Crippen LogP contribution is -2.24. The van der Waals surface area contributed by atoms with Crippen LogP contribution in [0.3, 0.4) is 0 Å². The number of hydrogen-bond acceptors (Lipinski definition) is 4. The first-order chi connectivity index (χ1) is 9.33. The maximum absolute atomic E-state index is 12.4. The molecular formula is C13H18N4O2S. The smallest absolute Gasteiger partial charge is 0.244 e. The number of nitrogen functional groups attached to an aromatic ring is 1. The van der Waals surface area contributed by atoms with E-state index >= 15 is 0 Å². The fourth-order valence-corrected chi connectivity index (χ4v) is 3.52. The first kappa shape index (κ1) is 14.5. The third kappa shape index (κ3) is 2.68. The second kappa shape index (κ2) is 5.26. The fourth-order valence-electron chi connectivity index (χ4n) is 2.08. The van der Waals surface area contributed by atoms with Gasteiger partial charge in [-0.25, -0.2) is 13.1 Å². The summed E-state index contributed by atoms with van der Waals surface area (Å²) in [6, 6.07) is 7.16. The van der Waals surface area contributed by atoms with Crippen LogP contribution in [0, 0.1) is 13.8 Å². The summed E-state index contributed by atoms with van der Waals surface area (Å²) in [4.78, 5) is 0.231. The van der Waals surface area contributed by atoms with Gasteiger partial charge in [0.05, 0.1) is 11.4 Å². The lowest BCUT2D eigenvalue weighted by molar-refractivity contribution is 0.580. The van der Waals surface area contributed by atoms with Crippen LogP contribution in [0.1, 0.15) is 17.0 Å². The number of sulfonamides is 1. The summed E-state index contributed by atoms with van der Waals surface area (Å²) in [5.74, 6) is 0. The molecule has 1 aromatic heterocycles. The minimum absolute atomic E-state index is 0.156. The molecule has 0 aliphatic heterocycles. The molecule has 0 saturated carbocycles. The van der Waals surface area contributed by atoms with Gasteiger partial charge in [-0.1, -0.05) is 18.2 Å². The number of rotatable bonds is 4. The van der Waals surface area contributed by atoms with Gasteiger partial charge in [0.1, 0.15) is 4.90 Å². The van der Waals surface area contributed by atoms with E-state index in [1.807, 2.05) is 12.1 Å². The topological polar surface area (TPSA) is 90.0 Å². The Morgan fingerprint density at radius 1 is 1.30 bits per heavy atom. The monoisotopic (exact) mass is 294 g/mol. The van der Waals surface area contributed by atoms with Crippen molar-refractivity contribution in [3.05, 3.63) is 41.2 Å². The van der Waals surface area contributed by atoms with E-state index in [9.17, 15) is 8.42 Å². The van der Waals surface area contributed by atoms with Crippen LogP contribution in [0.15, 0.2) is 29.2 Å². The molecule has 0 spiro atoms. The van der Waals surface area contributed by atoms with Gasteiger partial charge >= 0.3 is 0 Å². The second-order valence-corrected chi connectivity index (χ2v) is 6.35. The second-order valence-electron chi connectivity index (χ2n) is 4.65. The van der Waals surface area contributed by atoms with Gasteiger partial charge in [-0.05, 0) is 25.5 Å². The lowest BCUT2D eigenvalue weighted by atomic mass is 10.2. The van der Waals surface area contributed by atoms with Crippen LogP contribution < -0.4 is 10.5 Å². The molecular weight excluding hydrogens is 276 g/mol. The number of nitrogens with one attached hydrogen (secondary N) is 1. The Morgan fingerprint density at radius 3 is 2.50 bits per heavy atom. The quantitative estimate of drug-likeness (QED) is 0.826. The van der Waals surface area contributed by atoms with E-state index in [2.05, 4.69) is 9.82 Å². The Labute approximate surface area is 118 Å². The lowest BCUT2D eigenvalue weighted by Gasteiger charge is -2.09. The van der Waals surface area contributed by atoms with Crippen molar-refractivity contribution >= 4 is 15.7 Å². The summed E-state index contributed by atoms with van der Waals surface area (Å²) in [5, 5.41) is 4.12. The van der Waals surface area contributed by atoms with Gasteiger partial charge in [0, 0.05) is 19.3 Å². The van der Waals surface area contributed by atoms with Crippen LogP contribution in [0.4, 0.5) is 5.69 Å². The summed E-state index contributed by atoms with van der Waals surface area (Å²) in [5.41, 5.74) is 8.20. The predicted molar refractivity (Wildman–Crippen MR) is 77.6 cm³/mol. The number of hydrogen-bond donors (Lipinski definition) is 2. The minimum atomic E-state index is -3.60. The van der Waals surface area contributed by atoms with Crippen molar-refractivity contribution in [3.8, 4) is 0 Å². The molecule has 1 aromatic carbocycles. The molecule has 0 aliphatic carbocycles. The molecule has 0 unspecified atom stereocenters. The molecule has 2 rings (SSSR count). The molecule has 0 atom stereocenters. The standard InChI is InChI=1S/C13H18N4O2S/c1-9-13(10(2)17(3)16-9)20(18,19)15-8-11-6-4-5-7-12(11)14/h4-7,15H,8,14H2,1-3H3. The summed E-state index contributed by atoms with van der Waals surface area (Å²) >= 11 is 0. The third-order valence-corrected chi connectivity index (χ3v) is 4.87. The number of aromatic nitrogens is 2. The molecule has 0 amide bonds. The normalized spacial score (nSPS) is 11.8. The average Bonchev–Trinajstić information content (AvgIpc) is 2.62. The number of nitrogens with two attached hydrogens (primary N) is 1. The van der Waals surface area contributed by atoms with E-state index in [-0.39, 0.29) is 11.4 Å². The van der Waals surface area contributed by atoms with E-state index < -0.39 is 10.0 Å². The van der Waals surface area contributed by atoms with Crippen LogP contribution in [0.2, 0.25) is 0 Å². The molecule has 7 heteroatoms. The summed E-state index contributed by atoms with van der Waals surface area (Å²) < 4.78 is 28.9. The molecule has 0 saturated heterocycles. The van der Waals surface area contributed by atoms with Crippen LogP contribution in [0.25, 0.3) is 0 Å². The minimum Gasteiger partial charge on any atom is -0.398 e. The van der Waals surface area contributed by atoms with Crippen molar-refractivity contribution in [3.63, 3.8) is 0 Å². The van der Waals surface area contributed by atoms with Gasteiger partial charge in [0.15, 0.2) is 0 Å². The van der Waals surface area contributed by atoms with E-state index in [1.54, 1.807) is 37.7 Å². The molecule has 0 radical (unpaired) electrons. The highest BCUT2D eigenvalue weighted by molar-refractivity contribution is 7.89. The van der Waals surface area contributed by atoms with E-state index in [0.717, 1.165) is 5.56 Å². The predicted octanol–water partition coefficient (Wildman–Crippen LogP) is 1.10. The highest BCUT2D eigenvalue weighted by Crippen LogP contribution is 2.19. The van der Waals surface area contributed by atoms with E-state index in [1.165, 1.54) is 0 Å². The Morgan fingerprint density at radius 2 is 1.95 bits per heavy atom. The molecule has 2 aromatic rings. The van der Waals surface area contributed by atoms with Gasteiger partial charge < -0.3 is 5.73 Å². The first-order valence-electron chi connectivity index (χ1n) is 6.16. The van der Waals surface area contributed by atoms with Crippen molar-refractivity contribution in [1.29, 1.82) is 0 Å². The summed E-state index contributed by atoms with van der Waals surface area (Å²) in [6.45, 7) is 3.56. The maximum atomic E-state index is 12.4. The van der Waals surface area contributed by atoms with E-state index in [4.69, 9.17) is 5.73 Å². The zero-order chi connectivity index (χ0) is 14.9. The van der Waals surface area contributed by atoms with Crippen LogP contribution in [-0.2, 0) is 23.6 Å². The van der Waals surface area contributed by atoms with Gasteiger partial charge in [0.25, 0.3) is 0 Å². The Kier molecular flexibility index (Phi) is 3.82. The molecule has 108 valence electrons. The number of aryl methyl sites for hydroxylation is 2. The number of para-hydroxylation sites is 1. The van der Waals surface area contributed by atoms with Crippen molar-refractivity contribution in [2.24, 2.45) is 7.05 Å². The molecule has 1 heterocycles. The fraction of sp³-hybridized carbons (Fsp3) is 0.308. The van der Waals surface area contributed by atoms with Crippen LogP contribution in [0.5, 0.6) is 0 Å². The third-order valence-electron chi connectivity index (χ3n) is 3.22. The molecule has 0 bridgehead atoms. The largest absolute Gasteiger partial charge is 0.398 e. The Balaban J connectivity index is 2.27. The molecule has 0 fully saturated rings. The van der Waals surface area contributed by atoms with Gasteiger partial charge in [0.2, 0.25) is 10.0 Å². The number of anilines is 1. The molecule has 3 N–H and O–H groups in total. The molecule has 0 aliphatic rings. The van der Waals surface area contributed by atoms with Gasteiger partial charge in [-0.15, -0.1) is 0 Å². The SMILES string of the molecule is Cc1nn(C)c(C)c1S(=O)(=O)NCc1ccccc1N. The van der Waals surface area contributed by atoms with Crippen molar-refractivity contribution in [1.82, 2.24) is 14.5 Å². The summed E-state index contributed by atoms with van der Waals surface area (Å²) in [7, 11) is -1.89. The number of nitrogens with zero attached hydrogens (tertiary/aromatic N) is 2.